The third kappa shape index (κ3) is 3.19. The summed E-state index contributed by atoms with van der Waals surface area (Å²) >= 11 is 1.04. The van der Waals surface area contributed by atoms with Crippen LogP contribution in [0.25, 0.3) is 16.6 Å². The normalized spacial score (nSPS) is 10.9. The monoisotopic (exact) mass is 340 g/mol. The molecule has 0 saturated carbocycles. The highest BCUT2D eigenvalue weighted by molar-refractivity contribution is 7.99. The fourth-order valence-electron chi connectivity index (χ4n) is 2.44. The molecule has 3 aromatic rings. The molecule has 1 heterocycles. The van der Waals surface area contributed by atoms with Gasteiger partial charge in [-0.1, -0.05) is 43.0 Å². The number of para-hydroxylation sites is 1. The molecule has 0 aliphatic heterocycles. The fraction of sp³-hybridized carbons (Fsp3) is 0.167. The van der Waals surface area contributed by atoms with Crippen LogP contribution < -0.4 is 5.56 Å². The fourth-order valence-corrected chi connectivity index (χ4v) is 3.18. The van der Waals surface area contributed by atoms with Crippen LogP contribution in [-0.2, 0) is 11.2 Å². The standard InChI is InChI=1S/C18H16N2O3S/c1-2-12-7-9-13(10-8-12)20-17(23)14-5-3-4-6-15(14)19-18(20)24-11-16(21)22/h3-10H,2,11H2,1H3,(H,21,22). The van der Waals surface area contributed by atoms with Gasteiger partial charge in [-0.3, -0.25) is 14.2 Å². The molecule has 0 atom stereocenters. The first-order valence-corrected chi connectivity index (χ1v) is 8.54. The van der Waals surface area contributed by atoms with E-state index in [2.05, 4.69) is 11.9 Å². The van der Waals surface area contributed by atoms with Crippen LogP contribution in [0.2, 0.25) is 0 Å². The molecule has 0 bridgehead atoms. The third-order valence-corrected chi connectivity index (χ3v) is 4.60. The second-order valence-corrected chi connectivity index (χ2v) is 6.20. The van der Waals surface area contributed by atoms with Gasteiger partial charge in [-0.2, -0.15) is 0 Å². The van der Waals surface area contributed by atoms with E-state index in [1.165, 1.54) is 10.1 Å². The van der Waals surface area contributed by atoms with Gasteiger partial charge in [-0.05, 0) is 36.2 Å². The van der Waals surface area contributed by atoms with Crippen LogP contribution >= 0.6 is 11.8 Å². The Kier molecular flexibility index (Phi) is 4.66. The van der Waals surface area contributed by atoms with Gasteiger partial charge in [0, 0.05) is 0 Å². The van der Waals surface area contributed by atoms with Crippen LogP contribution in [0.5, 0.6) is 0 Å². The van der Waals surface area contributed by atoms with Crippen LogP contribution in [0.15, 0.2) is 58.5 Å². The zero-order chi connectivity index (χ0) is 17.1. The summed E-state index contributed by atoms with van der Waals surface area (Å²) in [5.41, 5.74) is 2.22. The number of carboxylic acids is 1. The number of benzene rings is 2. The summed E-state index contributed by atoms with van der Waals surface area (Å²) in [6.45, 7) is 2.06. The Hall–Kier alpha value is -2.60. The number of carboxylic acid groups (broad SMARTS) is 1. The summed E-state index contributed by atoms with van der Waals surface area (Å²) in [4.78, 5) is 28.3. The van der Waals surface area contributed by atoms with Crippen molar-refractivity contribution in [3.63, 3.8) is 0 Å². The van der Waals surface area contributed by atoms with Crippen LogP contribution in [0, 0.1) is 0 Å². The maximum absolute atomic E-state index is 12.9. The van der Waals surface area contributed by atoms with E-state index < -0.39 is 5.97 Å². The summed E-state index contributed by atoms with van der Waals surface area (Å²) in [6.07, 6.45) is 0.909. The van der Waals surface area contributed by atoms with Crippen LogP contribution in [0.3, 0.4) is 0 Å². The van der Waals surface area contributed by atoms with E-state index in [4.69, 9.17) is 5.11 Å². The van der Waals surface area contributed by atoms with Crippen molar-refractivity contribution in [3.05, 3.63) is 64.4 Å². The SMILES string of the molecule is CCc1ccc(-n2c(SCC(=O)O)nc3ccccc3c2=O)cc1. The molecule has 24 heavy (non-hydrogen) atoms. The van der Waals surface area contributed by atoms with Gasteiger partial charge in [-0.25, -0.2) is 4.98 Å². The molecule has 0 aliphatic carbocycles. The third-order valence-electron chi connectivity index (χ3n) is 3.67. The number of hydrogen-bond acceptors (Lipinski definition) is 4. The summed E-state index contributed by atoms with van der Waals surface area (Å²) in [6, 6.07) is 14.7. The number of rotatable bonds is 5. The van der Waals surface area contributed by atoms with Crippen LogP contribution in [-0.4, -0.2) is 26.4 Å². The Morgan fingerprint density at radius 2 is 1.88 bits per heavy atom. The number of aromatic nitrogens is 2. The molecule has 0 unspecified atom stereocenters. The van der Waals surface area contributed by atoms with E-state index >= 15 is 0 Å². The molecule has 0 spiro atoms. The average Bonchev–Trinajstić information content (AvgIpc) is 2.60. The van der Waals surface area contributed by atoms with E-state index in [-0.39, 0.29) is 11.3 Å². The van der Waals surface area contributed by atoms with E-state index in [1.807, 2.05) is 24.3 Å². The minimum atomic E-state index is -0.949. The molecule has 1 N–H and O–H groups in total. The van der Waals surface area contributed by atoms with Crippen molar-refractivity contribution in [3.8, 4) is 5.69 Å². The van der Waals surface area contributed by atoms with Gasteiger partial charge in [0.15, 0.2) is 5.16 Å². The number of hydrogen-bond donors (Lipinski definition) is 1. The zero-order valence-corrected chi connectivity index (χ0v) is 13.9. The number of fused-ring (bicyclic) bond motifs is 1. The van der Waals surface area contributed by atoms with Crippen molar-refractivity contribution >= 4 is 28.6 Å². The number of nitrogens with zero attached hydrogens (tertiary/aromatic N) is 2. The molecule has 0 amide bonds. The molecule has 6 heteroatoms. The highest BCUT2D eigenvalue weighted by atomic mass is 32.2. The second kappa shape index (κ2) is 6.88. The number of thioether (sulfide) groups is 1. The largest absolute Gasteiger partial charge is 0.481 e. The minimum Gasteiger partial charge on any atom is -0.481 e. The first-order chi connectivity index (χ1) is 11.6. The highest BCUT2D eigenvalue weighted by Crippen LogP contribution is 2.21. The lowest BCUT2D eigenvalue weighted by Crippen LogP contribution is -2.22. The van der Waals surface area contributed by atoms with E-state index in [0.717, 1.165) is 18.2 Å². The molecular formula is C18H16N2O3S. The Labute approximate surface area is 143 Å². The molecule has 0 saturated heterocycles. The van der Waals surface area contributed by atoms with Gasteiger partial charge in [0.2, 0.25) is 0 Å². The lowest BCUT2D eigenvalue weighted by atomic mass is 10.1. The quantitative estimate of drug-likeness (QED) is 0.571. The molecule has 1 aromatic heterocycles. The summed E-state index contributed by atoms with van der Waals surface area (Å²) in [5, 5.41) is 9.84. The van der Waals surface area contributed by atoms with Gasteiger partial charge < -0.3 is 5.11 Å². The smallest absolute Gasteiger partial charge is 0.313 e. The molecule has 0 fully saturated rings. The zero-order valence-electron chi connectivity index (χ0n) is 13.1. The summed E-state index contributed by atoms with van der Waals surface area (Å²) in [5.74, 6) is -1.10. The van der Waals surface area contributed by atoms with Crippen molar-refractivity contribution < 1.29 is 9.90 Å². The predicted molar refractivity (Wildman–Crippen MR) is 95.1 cm³/mol. The predicted octanol–water partition coefficient (Wildman–Crippen LogP) is 3.12. The Morgan fingerprint density at radius 3 is 2.54 bits per heavy atom. The van der Waals surface area contributed by atoms with E-state index in [9.17, 15) is 9.59 Å². The highest BCUT2D eigenvalue weighted by Gasteiger charge is 2.14. The van der Waals surface area contributed by atoms with Gasteiger partial charge in [0.05, 0.1) is 22.3 Å². The number of carbonyl (C=O) groups is 1. The lowest BCUT2D eigenvalue weighted by molar-refractivity contribution is -0.133. The maximum Gasteiger partial charge on any atom is 0.313 e. The van der Waals surface area contributed by atoms with Gasteiger partial charge in [0.1, 0.15) is 0 Å². The Balaban J connectivity index is 2.21. The molecule has 5 nitrogen and oxygen atoms in total. The number of aryl methyl sites for hydroxylation is 1. The van der Waals surface area contributed by atoms with Crippen molar-refractivity contribution in [2.24, 2.45) is 0 Å². The summed E-state index contributed by atoms with van der Waals surface area (Å²) in [7, 11) is 0. The minimum absolute atomic E-state index is 0.155. The first kappa shape index (κ1) is 16.3. The molecule has 3 rings (SSSR count). The van der Waals surface area contributed by atoms with E-state index in [0.29, 0.717) is 21.7 Å². The van der Waals surface area contributed by atoms with Gasteiger partial charge in [-0.15, -0.1) is 0 Å². The van der Waals surface area contributed by atoms with Gasteiger partial charge >= 0.3 is 5.97 Å². The van der Waals surface area contributed by atoms with E-state index in [1.54, 1.807) is 24.3 Å². The van der Waals surface area contributed by atoms with Crippen LogP contribution in [0.4, 0.5) is 0 Å². The molecule has 0 radical (unpaired) electrons. The Morgan fingerprint density at radius 1 is 1.17 bits per heavy atom. The topological polar surface area (TPSA) is 72.2 Å². The van der Waals surface area contributed by atoms with Crippen molar-refractivity contribution in [2.45, 2.75) is 18.5 Å². The Bertz CT molecular complexity index is 949. The first-order valence-electron chi connectivity index (χ1n) is 7.56. The molecule has 122 valence electrons. The van der Waals surface area contributed by atoms with Crippen molar-refractivity contribution in [2.75, 3.05) is 5.75 Å². The van der Waals surface area contributed by atoms with Crippen molar-refractivity contribution in [1.82, 2.24) is 9.55 Å². The maximum atomic E-state index is 12.9. The molecule has 2 aromatic carbocycles. The second-order valence-electron chi connectivity index (χ2n) is 5.25. The lowest BCUT2D eigenvalue weighted by Gasteiger charge is -2.13. The van der Waals surface area contributed by atoms with Crippen LogP contribution in [0.1, 0.15) is 12.5 Å². The number of aliphatic carboxylic acids is 1. The molecular weight excluding hydrogens is 324 g/mol. The average molecular weight is 340 g/mol. The van der Waals surface area contributed by atoms with Crippen molar-refractivity contribution in [1.29, 1.82) is 0 Å². The van der Waals surface area contributed by atoms with Gasteiger partial charge in [0.25, 0.3) is 5.56 Å². The molecule has 0 aliphatic rings. The summed E-state index contributed by atoms with van der Waals surface area (Å²) < 4.78 is 1.48.